The van der Waals surface area contributed by atoms with Crippen LogP contribution in [0.4, 0.5) is 0 Å². The van der Waals surface area contributed by atoms with E-state index in [1.165, 1.54) is 0 Å². The van der Waals surface area contributed by atoms with Crippen molar-refractivity contribution in [2.75, 3.05) is 13.2 Å². The molecule has 0 amide bonds. The predicted molar refractivity (Wildman–Crippen MR) is 162 cm³/mol. The van der Waals surface area contributed by atoms with Gasteiger partial charge in [0.15, 0.2) is 11.9 Å². The number of Topliss-reactive ketones (excluding diaryl/α,β-unsaturated/α-hetero) is 1. The average molecular weight is 603 g/mol. The SMILES string of the molecule is C=C/C=C/C=C(C)/C=C/C=C(C)/C=C/C1=C(C)C(=O)C(OC(=O)CCC(=O)OCC(O)C(O)C(O)C(O)CO)CC1(C)C. The van der Waals surface area contributed by atoms with Gasteiger partial charge in [-0.25, -0.2) is 0 Å². The second kappa shape index (κ2) is 18.3. The third kappa shape index (κ3) is 12.8. The van der Waals surface area contributed by atoms with Crippen LogP contribution in [0.3, 0.4) is 0 Å². The van der Waals surface area contributed by atoms with E-state index < -0.39 is 67.5 Å². The molecule has 238 valence electrons. The molecule has 0 aromatic heterocycles. The maximum Gasteiger partial charge on any atom is 0.307 e. The first-order valence-corrected chi connectivity index (χ1v) is 14.1. The third-order valence-corrected chi connectivity index (χ3v) is 6.88. The molecule has 5 N–H and O–H groups in total. The largest absolute Gasteiger partial charge is 0.463 e. The van der Waals surface area contributed by atoms with Gasteiger partial charge >= 0.3 is 11.9 Å². The molecule has 1 aliphatic rings. The van der Waals surface area contributed by atoms with Gasteiger partial charge in [-0.05, 0) is 37.3 Å². The van der Waals surface area contributed by atoms with Gasteiger partial charge in [0.25, 0.3) is 0 Å². The van der Waals surface area contributed by atoms with Crippen molar-refractivity contribution in [2.24, 2.45) is 5.41 Å². The van der Waals surface area contributed by atoms with Crippen molar-refractivity contribution >= 4 is 17.7 Å². The fraction of sp³-hybridized carbons (Fsp3) is 0.485. The zero-order valence-electron chi connectivity index (χ0n) is 25.6. The molecule has 43 heavy (non-hydrogen) atoms. The van der Waals surface area contributed by atoms with Crippen LogP contribution in [0.15, 0.2) is 83.6 Å². The molecule has 10 heteroatoms. The Morgan fingerprint density at radius 1 is 0.953 bits per heavy atom. The highest BCUT2D eigenvalue weighted by molar-refractivity contribution is 6.01. The van der Waals surface area contributed by atoms with Gasteiger partial charge in [-0.2, -0.15) is 0 Å². The van der Waals surface area contributed by atoms with E-state index in [9.17, 15) is 34.8 Å². The number of allylic oxidation sites excluding steroid dienone is 12. The van der Waals surface area contributed by atoms with Crippen molar-refractivity contribution in [1.82, 2.24) is 0 Å². The summed E-state index contributed by atoms with van der Waals surface area (Å²) in [6.07, 6.45) is 8.46. The molecule has 0 bridgehead atoms. The zero-order chi connectivity index (χ0) is 32.7. The highest BCUT2D eigenvalue weighted by Crippen LogP contribution is 2.40. The lowest BCUT2D eigenvalue weighted by Crippen LogP contribution is -2.47. The molecule has 10 nitrogen and oxygen atoms in total. The Kier molecular flexibility index (Phi) is 16.0. The average Bonchev–Trinajstić information content (AvgIpc) is 2.95. The number of ketones is 1. The Morgan fingerprint density at radius 3 is 2.16 bits per heavy atom. The van der Waals surface area contributed by atoms with Gasteiger partial charge in [-0.1, -0.05) is 86.3 Å². The maximum atomic E-state index is 13.1. The van der Waals surface area contributed by atoms with Crippen LogP contribution in [-0.2, 0) is 23.9 Å². The number of carbonyl (C=O) groups is 3. The van der Waals surface area contributed by atoms with Crippen molar-refractivity contribution in [3.63, 3.8) is 0 Å². The number of carbonyl (C=O) groups excluding carboxylic acids is 3. The molecule has 0 heterocycles. The van der Waals surface area contributed by atoms with E-state index in [1.54, 1.807) is 13.0 Å². The second-order valence-corrected chi connectivity index (χ2v) is 11.1. The van der Waals surface area contributed by atoms with Gasteiger partial charge < -0.3 is 35.0 Å². The Labute approximate surface area is 253 Å². The van der Waals surface area contributed by atoms with Crippen molar-refractivity contribution in [3.8, 4) is 0 Å². The summed E-state index contributed by atoms with van der Waals surface area (Å²) in [6.45, 7) is 11.6. The van der Waals surface area contributed by atoms with Crippen LogP contribution in [0.5, 0.6) is 0 Å². The first kappa shape index (κ1) is 37.6. The van der Waals surface area contributed by atoms with Crippen molar-refractivity contribution in [1.29, 1.82) is 0 Å². The number of hydrogen-bond acceptors (Lipinski definition) is 10. The van der Waals surface area contributed by atoms with E-state index in [1.807, 2.05) is 76.3 Å². The standard InChI is InChI=1S/C33H46O10/c1-7-8-9-11-21(2)12-10-13-22(3)14-15-24-23(4)30(39)27(18-33(24,5)6)43-29(38)17-16-28(37)42-20-26(36)32(41)31(40)25(35)19-34/h7-15,25-27,31-32,34-36,40-41H,1,16-20H2,2-6H3/b9-8+,12-10+,15-14+,21-11+,22-13+. The number of esters is 2. The van der Waals surface area contributed by atoms with Gasteiger partial charge in [0.1, 0.15) is 31.0 Å². The number of ether oxygens (including phenoxy) is 2. The molecule has 0 aliphatic heterocycles. The molecule has 1 rings (SSSR count). The van der Waals surface area contributed by atoms with Gasteiger partial charge in [-0.15, -0.1) is 0 Å². The Morgan fingerprint density at radius 2 is 1.53 bits per heavy atom. The van der Waals surface area contributed by atoms with Crippen molar-refractivity contribution in [2.45, 2.75) is 84.4 Å². The van der Waals surface area contributed by atoms with Crippen LogP contribution in [0.1, 0.15) is 53.9 Å². The van der Waals surface area contributed by atoms with E-state index in [0.29, 0.717) is 5.57 Å². The fourth-order valence-electron chi connectivity index (χ4n) is 4.29. The first-order chi connectivity index (χ1) is 20.1. The molecule has 0 fully saturated rings. The van der Waals surface area contributed by atoms with E-state index >= 15 is 0 Å². The Bertz CT molecular complexity index is 1170. The summed E-state index contributed by atoms with van der Waals surface area (Å²) >= 11 is 0. The lowest BCUT2D eigenvalue weighted by Gasteiger charge is -2.36. The van der Waals surface area contributed by atoms with Crippen LogP contribution in [-0.4, -0.2) is 87.0 Å². The second-order valence-electron chi connectivity index (χ2n) is 11.1. The molecule has 5 atom stereocenters. The van der Waals surface area contributed by atoms with Gasteiger partial charge in [-0.3, -0.25) is 14.4 Å². The molecule has 0 radical (unpaired) electrons. The van der Waals surface area contributed by atoms with E-state index in [0.717, 1.165) is 16.7 Å². The minimum atomic E-state index is -1.88. The summed E-state index contributed by atoms with van der Waals surface area (Å²) in [7, 11) is 0. The normalized spacial score (nSPS) is 20.9. The van der Waals surface area contributed by atoms with Gasteiger partial charge in [0.05, 0.1) is 19.4 Å². The van der Waals surface area contributed by atoms with E-state index in [-0.39, 0.29) is 18.6 Å². The lowest BCUT2D eigenvalue weighted by molar-refractivity contribution is -0.161. The van der Waals surface area contributed by atoms with Crippen molar-refractivity contribution < 1.29 is 49.4 Å². The molecular weight excluding hydrogens is 556 g/mol. The van der Waals surface area contributed by atoms with E-state index in [2.05, 4.69) is 6.58 Å². The van der Waals surface area contributed by atoms with Crippen LogP contribution >= 0.6 is 0 Å². The first-order valence-electron chi connectivity index (χ1n) is 14.1. The third-order valence-electron chi connectivity index (χ3n) is 6.88. The quantitative estimate of drug-likeness (QED) is 0.131. The summed E-state index contributed by atoms with van der Waals surface area (Å²) in [6, 6.07) is 0. The minimum Gasteiger partial charge on any atom is -0.463 e. The summed E-state index contributed by atoms with van der Waals surface area (Å²) in [4.78, 5) is 37.5. The highest BCUT2D eigenvalue weighted by Gasteiger charge is 2.40. The molecule has 0 saturated carbocycles. The molecule has 0 saturated heterocycles. The predicted octanol–water partition coefficient (Wildman–Crippen LogP) is 2.72. The summed E-state index contributed by atoms with van der Waals surface area (Å²) in [5, 5.41) is 47.3. The number of hydrogen-bond donors (Lipinski definition) is 5. The molecule has 5 unspecified atom stereocenters. The highest BCUT2D eigenvalue weighted by atomic mass is 16.6. The van der Waals surface area contributed by atoms with Crippen LogP contribution in [0.25, 0.3) is 0 Å². The summed E-state index contributed by atoms with van der Waals surface area (Å²) in [5.74, 6) is -1.96. The summed E-state index contributed by atoms with van der Waals surface area (Å²) < 4.78 is 10.2. The zero-order valence-corrected chi connectivity index (χ0v) is 25.6. The molecule has 0 aromatic rings. The molecular formula is C33H46O10. The molecule has 0 aromatic carbocycles. The summed E-state index contributed by atoms with van der Waals surface area (Å²) in [5.41, 5.74) is 2.91. The number of rotatable bonds is 16. The van der Waals surface area contributed by atoms with Crippen LogP contribution < -0.4 is 0 Å². The molecule has 1 aliphatic carbocycles. The minimum absolute atomic E-state index is 0.260. The van der Waals surface area contributed by atoms with E-state index in [4.69, 9.17) is 14.6 Å². The van der Waals surface area contributed by atoms with Gasteiger partial charge in [0, 0.05) is 6.42 Å². The van der Waals surface area contributed by atoms with Crippen LogP contribution in [0.2, 0.25) is 0 Å². The van der Waals surface area contributed by atoms with Crippen LogP contribution in [0, 0.1) is 5.41 Å². The Balaban J connectivity index is 2.73. The number of aliphatic hydroxyl groups excluding tert-OH is 5. The monoisotopic (exact) mass is 602 g/mol. The smallest absolute Gasteiger partial charge is 0.307 e. The molecule has 0 spiro atoms. The van der Waals surface area contributed by atoms with Gasteiger partial charge in [0.2, 0.25) is 0 Å². The number of aliphatic hydroxyl groups is 5. The lowest BCUT2D eigenvalue weighted by atomic mass is 9.71. The topological polar surface area (TPSA) is 171 Å². The fourth-order valence-corrected chi connectivity index (χ4v) is 4.29. The Hall–Kier alpha value is -3.41. The van der Waals surface area contributed by atoms with Crippen molar-refractivity contribution in [3.05, 3.63) is 83.6 Å². The maximum absolute atomic E-state index is 13.1.